The topological polar surface area (TPSA) is 100 Å². The largest absolute Gasteiger partial charge is 0.295 e. The molecule has 2 heterocycles. The van der Waals surface area contributed by atoms with Crippen LogP contribution in [0.5, 0.6) is 0 Å². The lowest BCUT2D eigenvalue weighted by molar-refractivity contribution is 0.835. The monoisotopic (exact) mass is 544 g/mol. The lowest BCUT2D eigenvalue weighted by Crippen LogP contribution is -2.17. The van der Waals surface area contributed by atoms with E-state index in [0.717, 1.165) is 0 Å². The summed E-state index contributed by atoms with van der Waals surface area (Å²) in [5.41, 5.74) is 4.39. The summed E-state index contributed by atoms with van der Waals surface area (Å²) in [6.07, 6.45) is 3.06. The summed E-state index contributed by atoms with van der Waals surface area (Å²) in [7, 11) is 0. The predicted molar refractivity (Wildman–Crippen MR) is 153 cm³/mol. The van der Waals surface area contributed by atoms with Crippen LogP contribution in [0.2, 0.25) is 10.0 Å². The van der Waals surface area contributed by atoms with Crippen molar-refractivity contribution in [3.8, 4) is 11.4 Å². The Bertz CT molecular complexity index is 1660. The van der Waals surface area contributed by atoms with E-state index < -0.39 is 0 Å². The molecule has 0 spiro atoms. The van der Waals surface area contributed by atoms with Gasteiger partial charge in [-0.25, -0.2) is 9.36 Å². The van der Waals surface area contributed by atoms with Crippen LogP contribution >= 0.6 is 23.2 Å². The molecule has 3 aromatic carbocycles. The Hall–Kier alpha value is -4.40. The number of hydrogen-bond acceptors (Lipinski definition) is 4. The van der Waals surface area contributed by atoms with E-state index in [-0.39, 0.29) is 11.1 Å². The van der Waals surface area contributed by atoms with Crippen LogP contribution in [0.3, 0.4) is 0 Å². The SMILES string of the molecule is Cc1[nH]n(-c2ccc(Cl)cc2)c(=O)c1C=Nc1cccc(N=Cc2c(C)[nH]n(-c3ccc(Cl)cc3)c2=O)c1. The lowest BCUT2D eigenvalue weighted by Gasteiger charge is -2.00. The molecule has 0 aliphatic heterocycles. The average Bonchev–Trinajstić information content (AvgIpc) is 3.36. The molecule has 0 saturated carbocycles. The Morgan fingerprint density at radius 1 is 0.658 bits per heavy atom. The Morgan fingerprint density at radius 2 is 1.05 bits per heavy atom. The van der Waals surface area contributed by atoms with Gasteiger partial charge in [0.25, 0.3) is 11.1 Å². The molecule has 0 saturated heterocycles. The molecule has 5 aromatic rings. The van der Waals surface area contributed by atoms with Crippen LogP contribution in [0.15, 0.2) is 92.4 Å². The van der Waals surface area contributed by atoms with Crippen molar-refractivity contribution in [2.24, 2.45) is 9.98 Å². The fourth-order valence-corrected chi connectivity index (χ4v) is 4.15. The molecule has 0 radical (unpaired) electrons. The van der Waals surface area contributed by atoms with Gasteiger partial charge in [-0.05, 0) is 80.6 Å². The number of H-pyrrole nitrogens is 2. The summed E-state index contributed by atoms with van der Waals surface area (Å²) in [5.74, 6) is 0. The van der Waals surface area contributed by atoms with E-state index >= 15 is 0 Å². The van der Waals surface area contributed by atoms with Crippen LogP contribution in [-0.4, -0.2) is 32.0 Å². The van der Waals surface area contributed by atoms with Crippen molar-refractivity contribution in [2.45, 2.75) is 13.8 Å². The maximum Gasteiger partial charge on any atom is 0.280 e. The number of benzene rings is 3. The summed E-state index contributed by atoms with van der Waals surface area (Å²) < 4.78 is 2.90. The van der Waals surface area contributed by atoms with Gasteiger partial charge in [-0.2, -0.15) is 0 Å². The fourth-order valence-electron chi connectivity index (χ4n) is 3.90. The molecule has 38 heavy (non-hydrogen) atoms. The van der Waals surface area contributed by atoms with Gasteiger partial charge >= 0.3 is 0 Å². The van der Waals surface area contributed by atoms with Gasteiger partial charge < -0.3 is 0 Å². The van der Waals surface area contributed by atoms with Crippen molar-refractivity contribution < 1.29 is 0 Å². The first-order valence-electron chi connectivity index (χ1n) is 11.6. The summed E-state index contributed by atoms with van der Waals surface area (Å²) in [4.78, 5) is 34.9. The summed E-state index contributed by atoms with van der Waals surface area (Å²) in [5, 5.41) is 7.32. The normalized spacial score (nSPS) is 11.7. The van der Waals surface area contributed by atoms with Crippen LogP contribution in [0.1, 0.15) is 22.5 Å². The molecular weight excluding hydrogens is 523 g/mol. The zero-order chi connectivity index (χ0) is 26.8. The smallest absolute Gasteiger partial charge is 0.280 e. The zero-order valence-corrected chi connectivity index (χ0v) is 22.0. The third-order valence-corrected chi connectivity index (χ3v) is 6.42. The zero-order valence-electron chi connectivity index (χ0n) is 20.4. The second kappa shape index (κ2) is 10.5. The highest BCUT2D eigenvalue weighted by Gasteiger charge is 2.12. The molecule has 0 atom stereocenters. The number of aromatic amines is 2. The Morgan fingerprint density at radius 3 is 1.45 bits per heavy atom. The summed E-state index contributed by atoms with van der Waals surface area (Å²) in [6, 6.07) is 21.1. The second-order valence-corrected chi connectivity index (χ2v) is 9.44. The highest BCUT2D eigenvalue weighted by molar-refractivity contribution is 6.30. The van der Waals surface area contributed by atoms with Crippen LogP contribution in [-0.2, 0) is 0 Å². The quantitative estimate of drug-likeness (QED) is 0.253. The minimum absolute atomic E-state index is 0.220. The molecule has 8 nitrogen and oxygen atoms in total. The molecule has 10 heteroatoms. The molecule has 5 rings (SSSR count). The van der Waals surface area contributed by atoms with Gasteiger partial charge in [0.15, 0.2) is 0 Å². The van der Waals surface area contributed by atoms with Crippen LogP contribution < -0.4 is 11.1 Å². The first-order chi connectivity index (χ1) is 18.3. The number of aromatic nitrogens is 4. The Labute approximate surface area is 227 Å². The van der Waals surface area contributed by atoms with E-state index in [0.29, 0.717) is 55.3 Å². The van der Waals surface area contributed by atoms with E-state index in [1.165, 1.54) is 21.8 Å². The fraction of sp³-hybridized carbons (Fsp3) is 0.0714. The number of aliphatic imine (C=N–C) groups is 2. The summed E-state index contributed by atoms with van der Waals surface area (Å²) in [6.45, 7) is 3.62. The van der Waals surface area contributed by atoms with Crippen LogP contribution in [0, 0.1) is 13.8 Å². The van der Waals surface area contributed by atoms with E-state index in [4.69, 9.17) is 23.2 Å². The van der Waals surface area contributed by atoms with Gasteiger partial charge in [0, 0.05) is 33.9 Å². The van der Waals surface area contributed by atoms with Gasteiger partial charge in [-0.3, -0.25) is 29.8 Å². The van der Waals surface area contributed by atoms with Crippen LogP contribution in [0.25, 0.3) is 11.4 Å². The Kier molecular flexibility index (Phi) is 7.00. The van der Waals surface area contributed by atoms with E-state index in [9.17, 15) is 9.59 Å². The number of nitrogens with one attached hydrogen (secondary N) is 2. The highest BCUT2D eigenvalue weighted by Crippen LogP contribution is 2.21. The summed E-state index contributed by atoms with van der Waals surface area (Å²) >= 11 is 11.9. The first kappa shape index (κ1) is 25.3. The number of hydrogen-bond donors (Lipinski definition) is 2. The molecule has 2 aromatic heterocycles. The van der Waals surface area contributed by atoms with Gasteiger partial charge in [0.2, 0.25) is 0 Å². The average molecular weight is 545 g/mol. The van der Waals surface area contributed by atoms with Crippen molar-refractivity contribution in [2.75, 3.05) is 0 Å². The van der Waals surface area contributed by atoms with Crippen molar-refractivity contribution in [3.05, 3.63) is 126 Å². The van der Waals surface area contributed by atoms with E-state index in [1.807, 2.05) is 32.0 Å². The molecule has 0 aliphatic carbocycles. The van der Waals surface area contributed by atoms with Gasteiger partial charge in [0.1, 0.15) is 0 Å². The lowest BCUT2D eigenvalue weighted by atomic mass is 10.2. The highest BCUT2D eigenvalue weighted by atomic mass is 35.5. The van der Waals surface area contributed by atoms with Crippen molar-refractivity contribution in [1.82, 2.24) is 19.6 Å². The molecule has 0 unspecified atom stereocenters. The molecule has 0 fully saturated rings. The second-order valence-electron chi connectivity index (χ2n) is 8.57. The third kappa shape index (κ3) is 5.18. The number of aryl methyl sites for hydroxylation is 2. The van der Waals surface area contributed by atoms with E-state index in [2.05, 4.69) is 20.2 Å². The third-order valence-electron chi connectivity index (χ3n) is 5.92. The minimum atomic E-state index is -0.220. The maximum absolute atomic E-state index is 13.0. The number of rotatable bonds is 6. The standard InChI is InChI=1S/C28H22Cl2N6O2/c1-17-25(27(37)35(33-17)23-10-6-19(29)7-11-23)15-31-21-4-3-5-22(14-21)32-16-26-18(2)34-36(28(26)38)24-12-8-20(30)9-13-24/h3-16,33-34H,1-2H3. The molecule has 0 amide bonds. The maximum atomic E-state index is 13.0. The Balaban J connectivity index is 1.38. The van der Waals surface area contributed by atoms with Gasteiger partial charge in [0.05, 0.1) is 33.9 Å². The first-order valence-corrected chi connectivity index (χ1v) is 12.4. The number of halogens is 2. The van der Waals surface area contributed by atoms with Gasteiger partial charge in [-0.1, -0.05) is 29.3 Å². The minimum Gasteiger partial charge on any atom is -0.295 e. The van der Waals surface area contributed by atoms with Crippen LogP contribution in [0.4, 0.5) is 11.4 Å². The molecule has 0 bridgehead atoms. The molecule has 0 aliphatic rings. The van der Waals surface area contributed by atoms with E-state index in [1.54, 1.807) is 54.6 Å². The predicted octanol–water partition coefficient (Wildman–Crippen LogP) is 6.07. The molecule has 190 valence electrons. The number of nitrogens with zero attached hydrogens (tertiary/aromatic N) is 4. The van der Waals surface area contributed by atoms with Crippen molar-refractivity contribution in [3.63, 3.8) is 0 Å². The van der Waals surface area contributed by atoms with Crippen molar-refractivity contribution in [1.29, 1.82) is 0 Å². The molecule has 2 N–H and O–H groups in total. The van der Waals surface area contributed by atoms with Crippen molar-refractivity contribution >= 4 is 47.0 Å². The molecular formula is C28H22Cl2N6O2. The van der Waals surface area contributed by atoms with Gasteiger partial charge in [-0.15, -0.1) is 0 Å².